The van der Waals surface area contributed by atoms with Crippen LogP contribution in [-0.4, -0.2) is 33.0 Å². The molecule has 8 heteroatoms. The number of nitrogens with zero attached hydrogens (tertiary/aromatic N) is 2. The van der Waals surface area contributed by atoms with Gasteiger partial charge in [-0.05, 0) is 127 Å². The first-order valence-corrected chi connectivity index (χ1v) is 22.4. The number of esters is 4. The Hall–Kier alpha value is -9.40. The summed E-state index contributed by atoms with van der Waals surface area (Å²) in [6.45, 7) is 0. The molecule has 0 atom stereocenters. The second kappa shape index (κ2) is 13.1. The fourth-order valence-corrected chi connectivity index (χ4v) is 11.6. The molecule has 316 valence electrons. The highest BCUT2D eigenvalue weighted by Gasteiger charge is 2.36. The largest absolute Gasteiger partial charge is 0.386 e. The maximum Gasteiger partial charge on any atom is 0.347 e. The van der Waals surface area contributed by atoms with Crippen molar-refractivity contribution in [3.05, 3.63) is 204 Å². The predicted octanol–water partition coefficient (Wildman–Crippen LogP) is 13.9. The molecule has 0 radical (unpaired) electrons. The van der Waals surface area contributed by atoms with Crippen molar-refractivity contribution in [2.75, 3.05) is 0 Å². The third kappa shape index (κ3) is 4.72. The Morgan fingerprint density at radius 3 is 0.971 bits per heavy atom. The molecule has 0 unspecified atom stereocenters. The molecule has 4 heterocycles. The van der Waals surface area contributed by atoms with Gasteiger partial charge in [0.15, 0.2) is 0 Å². The molecule has 0 spiro atoms. The van der Waals surface area contributed by atoms with Gasteiger partial charge >= 0.3 is 23.9 Å². The molecule has 2 aromatic heterocycles. The van der Waals surface area contributed by atoms with Crippen molar-refractivity contribution >= 4 is 111 Å². The normalized spacial score (nSPS) is 13.6. The van der Waals surface area contributed by atoms with Gasteiger partial charge in [-0.1, -0.05) is 109 Å². The van der Waals surface area contributed by atoms with Crippen LogP contribution < -0.4 is 0 Å². The highest BCUT2D eigenvalue weighted by Crippen LogP contribution is 2.50. The summed E-state index contributed by atoms with van der Waals surface area (Å²) in [5.74, 6) is -2.87. The molecule has 0 saturated heterocycles. The van der Waals surface area contributed by atoms with Gasteiger partial charge < -0.3 is 18.6 Å². The van der Waals surface area contributed by atoms with Crippen molar-refractivity contribution in [2.24, 2.45) is 0 Å². The minimum atomic E-state index is -0.721. The summed E-state index contributed by atoms with van der Waals surface area (Å²) in [7, 11) is 0. The van der Waals surface area contributed by atoms with E-state index in [1.807, 2.05) is 121 Å². The molecule has 0 bridgehead atoms. The molecule has 0 amide bonds. The number of hydrogen-bond acceptors (Lipinski definition) is 6. The number of para-hydroxylation sites is 4. The van der Waals surface area contributed by atoms with Crippen molar-refractivity contribution in [1.29, 1.82) is 0 Å². The average molecular weight is 875 g/mol. The lowest BCUT2D eigenvalue weighted by Crippen LogP contribution is -2.21. The van der Waals surface area contributed by atoms with E-state index in [1.165, 1.54) is 0 Å². The monoisotopic (exact) mass is 874 g/mol. The first kappa shape index (κ1) is 36.9. The predicted molar refractivity (Wildman–Crippen MR) is 267 cm³/mol. The van der Waals surface area contributed by atoms with E-state index >= 15 is 0 Å². The van der Waals surface area contributed by atoms with E-state index in [0.717, 1.165) is 98.4 Å². The van der Waals surface area contributed by atoms with Gasteiger partial charge in [0, 0.05) is 43.7 Å². The molecule has 15 rings (SSSR count). The first-order chi connectivity index (χ1) is 33.4. The minimum Gasteiger partial charge on any atom is -0.386 e. The third-order valence-electron chi connectivity index (χ3n) is 14.4. The maximum absolute atomic E-state index is 14.2. The lowest BCUT2D eigenvalue weighted by molar-refractivity contribution is 0.0373. The van der Waals surface area contributed by atoms with Crippen molar-refractivity contribution in [1.82, 2.24) is 9.13 Å². The zero-order valence-corrected chi connectivity index (χ0v) is 35.7. The van der Waals surface area contributed by atoms with Crippen LogP contribution in [-0.2, 0) is 9.47 Å². The van der Waals surface area contributed by atoms with Crippen molar-refractivity contribution in [3.63, 3.8) is 0 Å². The summed E-state index contributed by atoms with van der Waals surface area (Å²) in [4.78, 5) is 55.6. The molecular weight excluding hydrogens is 845 g/mol. The van der Waals surface area contributed by atoms with Crippen LogP contribution in [0.4, 0.5) is 0 Å². The third-order valence-corrected chi connectivity index (χ3v) is 14.4. The lowest BCUT2D eigenvalue weighted by atomic mass is 9.80. The van der Waals surface area contributed by atoms with Crippen LogP contribution in [0.1, 0.15) is 41.4 Å². The lowest BCUT2D eigenvalue weighted by Gasteiger charge is -2.25. The molecule has 0 aliphatic carbocycles. The Morgan fingerprint density at radius 1 is 0.279 bits per heavy atom. The van der Waals surface area contributed by atoms with Crippen LogP contribution in [0.15, 0.2) is 182 Å². The highest BCUT2D eigenvalue weighted by molar-refractivity contribution is 6.41. The fourth-order valence-electron chi connectivity index (χ4n) is 11.6. The number of cyclic esters (lactones) is 4. The SMILES string of the molecule is O=C1OC(=O)c2c(-c3ccc(-n4c5ccccc5c5ccccc54)cc3)cc3c4ccc5c6c(c(-c7ccc(-n8c9ccccc9c9ccccc98)cc7)cc(c7ccc1c2c73)c64)C(=O)OC5=O. The zero-order chi connectivity index (χ0) is 45.1. The second-order valence-electron chi connectivity index (χ2n) is 17.7. The van der Waals surface area contributed by atoms with E-state index in [0.29, 0.717) is 33.0 Å². The molecule has 13 aromatic rings. The highest BCUT2D eigenvalue weighted by atomic mass is 16.6. The standard InChI is InChI=1S/C60H30N2O6/c63-57-41-27-26-40-46-30-44(32-19-23-34(24-20-32)62-49-15-7-3-11-37(49)38-12-4-8-16-50(38)62)56-54-42(58(64)68-60(56)66)28-25-39(52(46)54)45-29-43(55(59(65)67-57)53(41)51(40)45)31-17-21-33(22-18-31)61-47-13-5-1-9-35(47)36-10-2-6-14-48(36)61/h1-30H. The van der Waals surface area contributed by atoms with Gasteiger partial charge in [-0.3, -0.25) is 0 Å². The van der Waals surface area contributed by atoms with Gasteiger partial charge in [0.2, 0.25) is 0 Å². The molecule has 0 fully saturated rings. The number of carbonyl (C=O) groups excluding carboxylic acids is 4. The molecule has 8 nitrogen and oxygen atoms in total. The molecule has 2 aliphatic rings. The van der Waals surface area contributed by atoms with Crippen molar-refractivity contribution < 1.29 is 28.7 Å². The average Bonchev–Trinajstić information content (AvgIpc) is 3.89. The smallest absolute Gasteiger partial charge is 0.347 e. The molecule has 2 aliphatic heterocycles. The summed E-state index contributed by atoms with van der Waals surface area (Å²) in [6, 6.07) is 60.6. The van der Waals surface area contributed by atoms with Crippen LogP contribution in [0.25, 0.3) is 120 Å². The fraction of sp³-hybridized carbons (Fsp3) is 0. The molecule has 68 heavy (non-hydrogen) atoms. The van der Waals surface area contributed by atoms with Crippen LogP contribution >= 0.6 is 0 Å². The maximum atomic E-state index is 14.2. The molecule has 11 aromatic carbocycles. The number of rotatable bonds is 4. The number of fused-ring (bicyclic) bond motifs is 8. The van der Waals surface area contributed by atoms with Crippen LogP contribution in [0.3, 0.4) is 0 Å². The summed E-state index contributed by atoms with van der Waals surface area (Å²) in [5, 5.41) is 10.1. The Labute approximate surface area is 384 Å². The Bertz CT molecular complexity index is 4100. The van der Waals surface area contributed by atoms with Crippen LogP contribution in [0.2, 0.25) is 0 Å². The Morgan fingerprint density at radius 2 is 0.618 bits per heavy atom. The van der Waals surface area contributed by atoms with Crippen molar-refractivity contribution in [2.45, 2.75) is 0 Å². The first-order valence-electron chi connectivity index (χ1n) is 22.4. The summed E-state index contributed by atoms with van der Waals surface area (Å²) >= 11 is 0. The molecular formula is C60H30N2O6. The summed E-state index contributed by atoms with van der Waals surface area (Å²) < 4.78 is 15.4. The Balaban J connectivity index is 0.973. The molecule has 0 saturated carbocycles. The van der Waals surface area contributed by atoms with Gasteiger partial charge in [0.1, 0.15) is 0 Å². The van der Waals surface area contributed by atoms with Gasteiger partial charge in [-0.15, -0.1) is 0 Å². The van der Waals surface area contributed by atoms with E-state index in [-0.39, 0.29) is 11.1 Å². The minimum absolute atomic E-state index is 0.289. The summed E-state index contributed by atoms with van der Waals surface area (Å²) in [5.41, 5.74) is 10.1. The van der Waals surface area contributed by atoms with Gasteiger partial charge in [0.25, 0.3) is 0 Å². The van der Waals surface area contributed by atoms with Gasteiger partial charge in [-0.2, -0.15) is 0 Å². The zero-order valence-electron chi connectivity index (χ0n) is 35.7. The van der Waals surface area contributed by atoms with E-state index in [9.17, 15) is 19.2 Å². The van der Waals surface area contributed by atoms with E-state index < -0.39 is 23.9 Å². The molecule has 0 N–H and O–H groups in total. The number of benzene rings is 11. The number of ether oxygens (including phenoxy) is 2. The van der Waals surface area contributed by atoms with Crippen LogP contribution in [0, 0.1) is 0 Å². The quantitative estimate of drug-likeness (QED) is 0.0756. The van der Waals surface area contributed by atoms with E-state index in [2.05, 4.69) is 57.7 Å². The number of carbonyl (C=O) groups is 4. The Kier molecular flexibility index (Phi) is 7.12. The van der Waals surface area contributed by atoms with E-state index in [1.54, 1.807) is 12.1 Å². The summed E-state index contributed by atoms with van der Waals surface area (Å²) in [6.07, 6.45) is 0. The second-order valence-corrected chi connectivity index (χ2v) is 17.7. The van der Waals surface area contributed by atoms with Crippen LogP contribution in [0.5, 0.6) is 0 Å². The van der Waals surface area contributed by atoms with Gasteiger partial charge in [-0.25, -0.2) is 19.2 Å². The topological polar surface area (TPSA) is 96.6 Å². The number of aromatic nitrogens is 2. The van der Waals surface area contributed by atoms with Gasteiger partial charge in [0.05, 0.1) is 44.3 Å². The van der Waals surface area contributed by atoms with Crippen molar-refractivity contribution in [3.8, 4) is 33.6 Å². The number of hydrogen-bond donors (Lipinski definition) is 0. The van der Waals surface area contributed by atoms with E-state index in [4.69, 9.17) is 9.47 Å².